The van der Waals surface area contributed by atoms with Gasteiger partial charge in [-0.2, -0.15) is 0 Å². The zero-order valence-corrected chi connectivity index (χ0v) is 5.69. The average Bonchev–Trinajstić information content (AvgIpc) is 0.811. The third-order valence-corrected chi connectivity index (χ3v) is 0. The van der Waals surface area contributed by atoms with E-state index in [0.717, 1.165) is 0 Å². The van der Waals surface area contributed by atoms with Crippen molar-refractivity contribution >= 4 is 6.72 Å². The summed E-state index contributed by atoms with van der Waals surface area (Å²) in [4.78, 5) is 0. The van der Waals surface area contributed by atoms with Crippen LogP contribution in [0.2, 0.25) is 0 Å². The second kappa shape index (κ2) is 4.40. The molecule has 0 atom stereocenters. The molecule has 0 fully saturated rings. The minimum Gasteiger partial charge on any atom is -1.00 e. The highest BCUT2D eigenvalue weighted by Crippen LogP contribution is 1.30. The lowest BCUT2D eigenvalue weighted by atomic mass is 11.2. The van der Waals surface area contributed by atoms with Crippen LogP contribution in [0.15, 0.2) is 0 Å². The molecule has 0 saturated heterocycles. The summed E-state index contributed by atoms with van der Waals surface area (Å²) in [6.45, 7) is 3.47. The molecule has 0 amide bonds. The molecule has 0 N–H and O–H groups in total. The standard InChI is InChI=1S/C3H8N.HI/c1-4(2)3;/h1H2,2-3H3;1H/q+1;/p-1/i1+2;. The van der Waals surface area contributed by atoms with Crippen molar-refractivity contribution in [3.63, 3.8) is 0 Å². The molecule has 0 aliphatic carbocycles. The van der Waals surface area contributed by atoms with Gasteiger partial charge in [0.1, 0.15) is 20.8 Å². The van der Waals surface area contributed by atoms with E-state index in [-0.39, 0.29) is 24.0 Å². The molecule has 0 spiro atoms. The summed E-state index contributed by atoms with van der Waals surface area (Å²) in [6, 6.07) is 0. The summed E-state index contributed by atoms with van der Waals surface area (Å²) in [6.07, 6.45) is 0. The number of nitrogens with zero attached hydrogens (tertiary/aromatic N) is 1. The average molecular weight is 187 g/mol. The van der Waals surface area contributed by atoms with Crippen molar-refractivity contribution in [1.82, 2.24) is 0 Å². The van der Waals surface area contributed by atoms with Crippen LogP contribution in [0.4, 0.5) is 0 Å². The third-order valence-electron chi connectivity index (χ3n) is 0. The highest BCUT2D eigenvalue weighted by Gasteiger charge is 1.53. The van der Waals surface area contributed by atoms with E-state index in [1.807, 2.05) is 14.1 Å². The Morgan fingerprint density at radius 3 is 1.40 bits per heavy atom. The zero-order chi connectivity index (χ0) is 3.58. The normalized spacial score (nSPS) is 5.20. The Bertz CT molecular complexity index is 29.9. The fourth-order valence-corrected chi connectivity index (χ4v) is 0. The van der Waals surface area contributed by atoms with E-state index in [1.54, 1.807) is 4.58 Å². The zero-order valence-electron chi connectivity index (χ0n) is 3.53. The number of hydrogen-bond acceptors (Lipinski definition) is 0. The number of rotatable bonds is 0. The molecule has 0 saturated carbocycles. The van der Waals surface area contributed by atoms with Gasteiger partial charge in [-0.25, -0.2) is 4.58 Å². The molecule has 0 aromatic carbocycles. The lowest BCUT2D eigenvalue weighted by Gasteiger charge is -1.65. The topological polar surface area (TPSA) is 3.01 Å². The van der Waals surface area contributed by atoms with Gasteiger partial charge in [0.2, 0.25) is 0 Å². The van der Waals surface area contributed by atoms with Crippen LogP contribution in [0, 0.1) is 0 Å². The number of halogens is 1. The molecule has 0 aromatic heterocycles. The minimum absolute atomic E-state index is 0. The molecule has 0 unspecified atom stereocenters. The van der Waals surface area contributed by atoms with Crippen molar-refractivity contribution in [2.75, 3.05) is 14.1 Å². The minimum atomic E-state index is 0. The maximum atomic E-state index is 3.47. The van der Waals surface area contributed by atoms with Crippen molar-refractivity contribution in [3.8, 4) is 0 Å². The molecule has 0 radical (unpaired) electrons. The van der Waals surface area contributed by atoms with Crippen LogP contribution in [0.5, 0.6) is 0 Å². The number of hydrogen-bond donors (Lipinski definition) is 0. The fourth-order valence-electron chi connectivity index (χ4n) is 0. The predicted molar refractivity (Wildman–Crippen MR) is 19.2 cm³/mol. The summed E-state index contributed by atoms with van der Waals surface area (Å²) < 4.78 is 1.75. The highest BCUT2D eigenvalue weighted by molar-refractivity contribution is 5.13. The molecule has 32 valence electrons. The smallest absolute Gasteiger partial charge is 0.131 e. The van der Waals surface area contributed by atoms with Gasteiger partial charge in [-0.15, -0.1) is 0 Å². The molecule has 1 nitrogen and oxygen atoms in total. The van der Waals surface area contributed by atoms with E-state index in [0.29, 0.717) is 0 Å². The molecule has 0 rings (SSSR count). The largest absolute Gasteiger partial charge is 1.00 e. The molecule has 0 aliphatic heterocycles. The quantitative estimate of drug-likeness (QED) is 0.215. The Morgan fingerprint density at radius 2 is 1.40 bits per heavy atom. The summed E-state index contributed by atoms with van der Waals surface area (Å²) in [5, 5.41) is 0. The van der Waals surface area contributed by atoms with Gasteiger partial charge in [-0.1, -0.05) is 0 Å². The van der Waals surface area contributed by atoms with Crippen LogP contribution in [-0.2, 0) is 0 Å². The van der Waals surface area contributed by atoms with Crippen molar-refractivity contribution in [3.05, 3.63) is 0 Å². The Morgan fingerprint density at radius 1 is 1.40 bits per heavy atom. The van der Waals surface area contributed by atoms with Crippen LogP contribution in [0.25, 0.3) is 0 Å². The summed E-state index contributed by atoms with van der Waals surface area (Å²) in [5.41, 5.74) is 0. The van der Waals surface area contributed by atoms with E-state index in [4.69, 9.17) is 0 Å². The van der Waals surface area contributed by atoms with Crippen LogP contribution < -0.4 is 24.0 Å². The molecule has 5 heavy (non-hydrogen) atoms. The maximum Gasteiger partial charge on any atom is 0.131 e. The van der Waals surface area contributed by atoms with Crippen LogP contribution in [-0.4, -0.2) is 25.4 Å². The second-order valence-electron chi connectivity index (χ2n) is 1.08. The molecule has 2 heteroatoms. The van der Waals surface area contributed by atoms with Crippen molar-refractivity contribution in [2.45, 2.75) is 0 Å². The van der Waals surface area contributed by atoms with Crippen molar-refractivity contribution < 1.29 is 28.6 Å². The van der Waals surface area contributed by atoms with Gasteiger partial charge in [-0.05, 0) is 0 Å². The fraction of sp³-hybridized carbons (Fsp3) is 0.667. The highest BCUT2D eigenvalue weighted by atomic mass is 127. The maximum absolute atomic E-state index is 3.47. The second-order valence-corrected chi connectivity index (χ2v) is 1.08. The monoisotopic (exact) mass is 187 g/mol. The van der Waals surface area contributed by atoms with Gasteiger partial charge in [0.15, 0.2) is 0 Å². The summed E-state index contributed by atoms with van der Waals surface area (Å²) in [5.74, 6) is 0. The first kappa shape index (κ1) is 9.04. The first-order valence-corrected chi connectivity index (χ1v) is 1.21. The van der Waals surface area contributed by atoms with E-state index in [9.17, 15) is 0 Å². The Labute approximate surface area is 49.7 Å². The Balaban J connectivity index is 0. The summed E-state index contributed by atoms with van der Waals surface area (Å²) >= 11 is 0. The lowest BCUT2D eigenvalue weighted by Crippen LogP contribution is -3.00. The molecular formula is C3H8IN. The molecule has 0 heterocycles. The Hall–Kier alpha value is 0.400. The van der Waals surface area contributed by atoms with Gasteiger partial charge in [0.05, 0.1) is 0 Å². The third kappa shape index (κ3) is 158. The van der Waals surface area contributed by atoms with Gasteiger partial charge in [0, 0.05) is 0 Å². The van der Waals surface area contributed by atoms with Crippen molar-refractivity contribution in [1.29, 1.82) is 0 Å². The SMILES string of the molecule is C[N+](C)=[14CH2].[I-]. The van der Waals surface area contributed by atoms with Gasteiger partial charge in [-0.3, -0.25) is 0 Å². The van der Waals surface area contributed by atoms with Crippen molar-refractivity contribution in [2.24, 2.45) is 0 Å². The molecule has 0 bridgehead atoms. The van der Waals surface area contributed by atoms with Crippen LogP contribution in [0.1, 0.15) is 0 Å². The molecule has 0 aromatic rings. The molecular weight excluding hydrogens is 179 g/mol. The lowest BCUT2D eigenvalue weighted by molar-refractivity contribution is -0.454. The predicted octanol–water partition coefficient (Wildman–Crippen LogP) is -3.04. The Kier molecular flexibility index (Phi) is 7.96. The first-order valence-electron chi connectivity index (χ1n) is 1.21. The van der Waals surface area contributed by atoms with E-state index >= 15 is 0 Å². The van der Waals surface area contributed by atoms with Gasteiger partial charge < -0.3 is 24.0 Å². The summed E-state index contributed by atoms with van der Waals surface area (Å²) in [7, 11) is 3.78. The van der Waals surface area contributed by atoms with Crippen LogP contribution >= 0.6 is 0 Å². The molecule has 0 aliphatic rings. The van der Waals surface area contributed by atoms with Crippen LogP contribution in [0.3, 0.4) is 0 Å². The van der Waals surface area contributed by atoms with E-state index < -0.39 is 0 Å². The van der Waals surface area contributed by atoms with E-state index in [2.05, 4.69) is 6.72 Å². The van der Waals surface area contributed by atoms with Gasteiger partial charge >= 0.3 is 0 Å². The first-order chi connectivity index (χ1) is 1.73. The van der Waals surface area contributed by atoms with Gasteiger partial charge in [0.25, 0.3) is 0 Å². The van der Waals surface area contributed by atoms with E-state index in [1.165, 1.54) is 0 Å².